The molecule has 1 heterocycles. The molecule has 1 atom stereocenters. The zero-order chi connectivity index (χ0) is 18.7. The summed E-state index contributed by atoms with van der Waals surface area (Å²) < 4.78 is 10.6. The molecule has 0 saturated carbocycles. The fourth-order valence-corrected chi connectivity index (χ4v) is 2.74. The van der Waals surface area contributed by atoms with Crippen molar-refractivity contribution in [3.8, 4) is 11.5 Å². The van der Waals surface area contributed by atoms with Gasteiger partial charge in [-0.05, 0) is 37.1 Å². The molecule has 6 heteroatoms. The van der Waals surface area contributed by atoms with E-state index in [0.29, 0.717) is 22.7 Å². The standard InChI is InChI=1S/C20H22N2O4/c1-12(2)18(22-19(23)14-6-4-5-13(3)9-14)20(24)21-15-7-8-16-17(10-15)26-11-25-16/h4-10,12,18H,11H2,1-3H3,(H,21,24)(H,22,23). The van der Waals surface area contributed by atoms with Gasteiger partial charge in [0.1, 0.15) is 6.04 Å². The van der Waals surface area contributed by atoms with Crippen molar-refractivity contribution in [3.05, 3.63) is 53.6 Å². The second-order valence-electron chi connectivity index (χ2n) is 6.62. The number of amides is 2. The van der Waals surface area contributed by atoms with Crippen molar-refractivity contribution in [1.29, 1.82) is 0 Å². The van der Waals surface area contributed by atoms with Gasteiger partial charge in [-0.15, -0.1) is 0 Å². The maximum absolute atomic E-state index is 12.7. The summed E-state index contributed by atoms with van der Waals surface area (Å²) in [5.74, 6) is 0.620. The second kappa shape index (κ2) is 7.47. The first-order valence-corrected chi connectivity index (χ1v) is 8.52. The molecule has 136 valence electrons. The van der Waals surface area contributed by atoms with Crippen LogP contribution in [0.5, 0.6) is 11.5 Å². The van der Waals surface area contributed by atoms with Crippen LogP contribution in [0.3, 0.4) is 0 Å². The van der Waals surface area contributed by atoms with E-state index >= 15 is 0 Å². The molecule has 0 aliphatic carbocycles. The number of ether oxygens (including phenoxy) is 2. The number of rotatable bonds is 5. The van der Waals surface area contributed by atoms with Crippen LogP contribution in [0.25, 0.3) is 0 Å². The molecule has 0 bridgehead atoms. The summed E-state index contributed by atoms with van der Waals surface area (Å²) in [4.78, 5) is 25.2. The van der Waals surface area contributed by atoms with Gasteiger partial charge in [-0.2, -0.15) is 0 Å². The lowest BCUT2D eigenvalue weighted by molar-refractivity contribution is -0.118. The van der Waals surface area contributed by atoms with Gasteiger partial charge in [0.2, 0.25) is 12.7 Å². The van der Waals surface area contributed by atoms with Crippen molar-refractivity contribution in [1.82, 2.24) is 5.32 Å². The summed E-state index contributed by atoms with van der Waals surface area (Å²) in [6.45, 7) is 5.87. The van der Waals surface area contributed by atoms with Crippen molar-refractivity contribution in [3.63, 3.8) is 0 Å². The van der Waals surface area contributed by atoms with E-state index in [9.17, 15) is 9.59 Å². The Morgan fingerprint density at radius 3 is 2.54 bits per heavy atom. The van der Waals surface area contributed by atoms with E-state index in [4.69, 9.17) is 9.47 Å². The molecule has 2 amide bonds. The van der Waals surface area contributed by atoms with E-state index in [1.54, 1.807) is 30.3 Å². The molecule has 0 spiro atoms. The molecule has 1 aliphatic rings. The van der Waals surface area contributed by atoms with E-state index in [2.05, 4.69) is 10.6 Å². The molecule has 6 nitrogen and oxygen atoms in total. The van der Waals surface area contributed by atoms with E-state index < -0.39 is 6.04 Å². The first kappa shape index (κ1) is 17.8. The number of carbonyl (C=O) groups is 2. The minimum absolute atomic E-state index is 0.0715. The van der Waals surface area contributed by atoms with Crippen molar-refractivity contribution in [2.45, 2.75) is 26.8 Å². The minimum Gasteiger partial charge on any atom is -0.454 e. The SMILES string of the molecule is Cc1cccc(C(=O)NC(C(=O)Nc2ccc3c(c2)OCO3)C(C)C)c1. The lowest BCUT2D eigenvalue weighted by atomic mass is 10.0. The predicted octanol–water partition coefficient (Wildman–Crippen LogP) is 3.12. The Morgan fingerprint density at radius 1 is 1.04 bits per heavy atom. The largest absolute Gasteiger partial charge is 0.454 e. The first-order chi connectivity index (χ1) is 12.4. The summed E-state index contributed by atoms with van der Waals surface area (Å²) in [6, 6.07) is 11.8. The third-order valence-electron chi connectivity index (χ3n) is 4.16. The first-order valence-electron chi connectivity index (χ1n) is 8.52. The topological polar surface area (TPSA) is 76.7 Å². The Balaban J connectivity index is 1.71. The van der Waals surface area contributed by atoms with Crippen LogP contribution in [0.1, 0.15) is 29.8 Å². The predicted molar refractivity (Wildman–Crippen MR) is 98.5 cm³/mol. The van der Waals surface area contributed by atoms with Crippen LogP contribution in [-0.2, 0) is 4.79 Å². The van der Waals surface area contributed by atoms with Gasteiger partial charge in [-0.25, -0.2) is 0 Å². The van der Waals surface area contributed by atoms with Crippen LogP contribution in [0.15, 0.2) is 42.5 Å². The third-order valence-corrected chi connectivity index (χ3v) is 4.16. The molecule has 0 aromatic heterocycles. The lowest BCUT2D eigenvalue weighted by Gasteiger charge is -2.22. The van der Waals surface area contributed by atoms with Crippen LogP contribution >= 0.6 is 0 Å². The zero-order valence-electron chi connectivity index (χ0n) is 15.0. The average Bonchev–Trinajstić information content (AvgIpc) is 3.06. The van der Waals surface area contributed by atoms with Crippen LogP contribution in [0.2, 0.25) is 0 Å². The Bertz CT molecular complexity index is 832. The number of benzene rings is 2. The number of fused-ring (bicyclic) bond motifs is 1. The Kier molecular flexibility index (Phi) is 5.11. The summed E-state index contributed by atoms with van der Waals surface area (Å²) in [7, 11) is 0. The zero-order valence-corrected chi connectivity index (χ0v) is 15.0. The maximum Gasteiger partial charge on any atom is 0.251 e. The maximum atomic E-state index is 12.7. The van der Waals surface area contributed by atoms with E-state index in [1.807, 2.05) is 32.9 Å². The van der Waals surface area contributed by atoms with Gasteiger partial charge in [-0.1, -0.05) is 31.5 Å². The molecule has 26 heavy (non-hydrogen) atoms. The normalized spacial score (nSPS) is 13.4. The van der Waals surface area contributed by atoms with Gasteiger partial charge < -0.3 is 20.1 Å². The fourth-order valence-electron chi connectivity index (χ4n) is 2.74. The van der Waals surface area contributed by atoms with Gasteiger partial charge in [0.05, 0.1) is 0 Å². The Labute approximate surface area is 152 Å². The monoisotopic (exact) mass is 354 g/mol. The second-order valence-corrected chi connectivity index (χ2v) is 6.62. The molecule has 0 radical (unpaired) electrons. The molecule has 0 saturated heterocycles. The molecule has 2 aromatic rings. The summed E-state index contributed by atoms with van der Waals surface area (Å²) >= 11 is 0. The van der Waals surface area contributed by atoms with Crippen LogP contribution in [0, 0.1) is 12.8 Å². The van der Waals surface area contributed by atoms with Gasteiger partial charge >= 0.3 is 0 Å². The van der Waals surface area contributed by atoms with Gasteiger partial charge in [-0.3, -0.25) is 9.59 Å². The Hall–Kier alpha value is -3.02. The summed E-state index contributed by atoms with van der Waals surface area (Å²) in [5.41, 5.74) is 2.12. The molecule has 0 fully saturated rings. The lowest BCUT2D eigenvalue weighted by Crippen LogP contribution is -2.47. The highest BCUT2D eigenvalue weighted by molar-refractivity contribution is 6.01. The number of nitrogens with one attached hydrogen (secondary N) is 2. The fraction of sp³-hybridized carbons (Fsp3) is 0.300. The molecular weight excluding hydrogens is 332 g/mol. The van der Waals surface area contributed by atoms with Crippen LogP contribution < -0.4 is 20.1 Å². The molecule has 2 aromatic carbocycles. The molecule has 2 N–H and O–H groups in total. The number of hydrogen-bond donors (Lipinski definition) is 2. The Morgan fingerprint density at radius 2 is 1.81 bits per heavy atom. The van der Waals surface area contributed by atoms with Crippen LogP contribution in [0.4, 0.5) is 5.69 Å². The summed E-state index contributed by atoms with van der Waals surface area (Å²) in [5, 5.41) is 5.66. The van der Waals surface area contributed by atoms with E-state index in [1.165, 1.54) is 0 Å². The highest BCUT2D eigenvalue weighted by Crippen LogP contribution is 2.34. The van der Waals surface area contributed by atoms with Crippen molar-refractivity contribution in [2.24, 2.45) is 5.92 Å². The number of hydrogen-bond acceptors (Lipinski definition) is 4. The quantitative estimate of drug-likeness (QED) is 0.865. The smallest absolute Gasteiger partial charge is 0.251 e. The van der Waals surface area contributed by atoms with Gasteiger partial charge in [0.15, 0.2) is 11.5 Å². The highest BCUT2D eigenvalue weighted by Gasteiger charge is 2.25. The van der Waals surface area contributed by atoms with E-state index in [-0.39, 0.29) is 24.5 Å². The van der Waals surface area contributed by atoms with Gasteiger partial charge in [0.25, 0.3) is 5.91 Å². The summed E-state index contributed by atoms with van der Waals surface area (Å²) in [6.07, 6.45) is 0. The third kappa shape index (κ3) is 3.96. The molecule has 1 unspecified atom stereocenters. The van der Waals surface area contributed by atoms with Crippen molar-refractivity contribution < 1.29 is 19.1 Å². The van der Waals surface area contributed by atoms with Crippen molar-refractivity contribution >= 4 is 17.5 Å². The highest BCUT2D eigenvalue weighted by atomic mass is 16.7. The van der Waals surface area contributed by atoms with Crippen LogP contribution in [-0.4, -0.2) is 24.6 Å². The molecule has 3 rings (SSSR count). The average molecular weight is 354 g/mol. The van der Waals surface area contributed by atoms with Crippen molar-refractivity contribution in [2.75, 3.05) is 12.1 Å². The molecule has 1 aliphatic heterocycles. The van der Waals surface area contributed by atoms with Gasteiger partial charge in [0, 0.05) is 17.3 Å². The number of anilines is 1. The minimum atomic E-state index is -0.659. The number of aryl methyl sites for hydroxylation is 1. The van der Waals surface area contributed by atoms with E-state index in [0.717, 1.165) is 5.56 Å². The molecular formula is C20H22N2O4. The number of carbonyl (C=O) groups excluding carboxylic acids is 2.